The van der Waals surface area contributed by atoms with Crippen LogP contribution in [0.2, 0.25) is 0 Å². The van der Waals surface area contributed by atoms with Crippen molar-refractivity contribution in [2.75, 3.05) is 0 Å². The smallest absolute Gasteiger partial charge is 0.145 e. The second kappa shape index (κ2) is 6.12. The summed E-state index contributed by atoms with van der Waals surface area (Å²) in [5.74, 6) is 0. The first-order valence-electron chi connectivity index (χ1n) is 8.71. The van der Waals surface area contributed by atoms with Crippen molar-refractivity contribution in [1.29, 1.82) is 5.26 Å². The predicted molar refractivity (Wildman–Crippen MR) is 107 cm³/mol. The molecule has 3 nitrogen and oxygen atoms in total. The highest BCUT2D eigenvalue weighted by Crippen LogP contribution is 2.41. The lowest BCUT2D eigenvalue weighted by Gasteiger charge is -2.07. The number of aromatic nitrogens is 1. The van der Waals surface area contributed by atoms with Gasteiger partial charge in [-0.05, 0) is 47.5 Å². The molecule has 0 aliphatic carbocycles. The van der Waals surface area contributed by atoms with Crippen LogP contribution in [-0.4, -0.2) is 4.98 Å². The van der Waals surface area contributed by atoms with Gasteiger partial charge in [0.05, 0.1) is 17.3 Å². The molecule has 0 aliphatic heterocycles. The normalized spacial score (nSPS) is 10.9. The largest absolute Gasteiger partial charge is 0.455 e. The van der Waals surface area contributed by atoms with Gasteiger partial charge < -0.3 is 4.42 Å². The summed E-state index contributed by atoms with van der Waals surface area (Å²) in [5.41, 5.74) is 6.18. The molecule has 0 atom stereocenters. The van der Waals surface area contributed by atoms with Crippen LogP contribution in [0.1, 0.15) is 5.56 Å². The van der Waals surface area contributed by atoms with E-state index in [-0.39, 0.29) is 0 Å². The van der Waals surface area contributed by atoms with Gasteiger partial charge >= 0.3 is 0 Å². The number of furan rings is 1. The Morgan fingerprint density at radius 3 is 2.41 bits per heavy atom. The zero-order chi connectivity index (χ0) is 18.2. The van der Waals surface area contributed by atoms with Gasteiger partial charge in [-0.3, -0.25) is 4.98 Å². The number of pyridine rings is 1. The van der Waals surface area contributed by atoms with E-state index in [4.69, 9.17) is 4.42 Å². The standard InChI is InChI=1S/C24H14N2O/c25-15-16-9-12-22-20(14-16)23-18(17-6-2-1-3-7-17)10-11-19(24(23)27-22)21-8-4-5-13-26-21/h1-14H. The van der Waals surface area contributed by atoms with Crippen molar-refractivity contribution >= 4 is 21.9 Å². The van der Waals surface area contributed by atoms with Gasteiger partial charge in [0.1, 0.15) is 11.2 Å². The third kappa shape index (κ3) is 2.47. The van der Waals surface area contributed by atoms with Gasteiger partial charge in [0, 0.05) is 22.5 Å². The number of nitriles is 1. The van der Waals surface area contributed by atoms with Gasteiger partial charge in [0.2, 0.25) is 0 Å². The quantitative estimate of drug-likeness (QED) is 0.383. The maximum atomic E-state index is 9.33. The van der Waals surface area contributed by atoms with Gasteiger partial charge in [-0.2, -0.15) is 5.26 Å². The average Bonchev–Trinajstić information content (AvgIpc) is 3.13. The van der Waals surface area contributed by atoms with Crippen LogP contribution in [-0.2, 0) is 0 Å². The molecular formula is C24H14N2O. The summed E-state index contributed by atoms with van der Waals surface area (Å²) in [6.45, 7) is 0. The minimum atomic E-state index is 0.618. The van der Waals surface area contributed by atoms with Crippen LogP contribution in [0, 0.1) is 11.3 Å². The van der Waals surface area contributed by atoms with Crippen molar-refractivity contribution in [1.82, 2.24) is 4.98 Å². The van der Waals surface area contributed by atoms with E-state index < -0.39 is 0 Å². The van der Waals surface area contributed by atoms with Crippen molar-refractivity contribution in [2.45, 2.75) is 0 Å². The second-order valence-corrected chi connectivity index (χ2v) is 6.37. The summed E-state index contributed by atoms with van der Waals surface area (Å²) in [4.78, 5) is 4.49. The molecule has 0 amide bonds. The fraction of sp³-hybridized carbons (Fsp3) is 0. The van der Waals surface area contributed by atoms with Crippen LogP contribution < -0.4 is 0 Å². The van der Waals surface area contributed by atoms with E-state index in [2.05, 4.69) is 35.3 Å². The molecular weight excluding hydrogens is 332 g/mol. The minimum absolute atomic E-state index is 0.618. The molecule has 27 heavy (non-hydrogen) atoms. The molecule has 126 valence electrons. The van der Waals surface area contributed by atoms with E-state index >= 15 is 0 Å². The molecule has 0 N–H and O–H groups in total. The van der Waals surface area contributed by atoms with Crippen LogP contribution in [0.5, 0.6) is 0 Å². The average molecular weight is 346 g/mol. The van der Waals surface area contributed by atoms with E-state index in [0.29, 0.717) is 5.56 Å². The number of nitrogens with zero attached hydrogens (tertiary/aromatic N) is 2. The molecule has 3 heteroatoms. The van der Waals surface area contributed by atoms with Crippen molar-refractivity contribution in [3.05, 3.63) is 90.6 Å². The topological polar surface area (TPSA) is 49.8 Å². The van der Waals surface area contributed by atoms with E-state index in [9.17, 15) is 5.26 Å². The summed E-state index contributed by atoms with van der Waals surface area (Å²) >= 11 is 0. The predicted octanol–water partition coefficient (Wildman–Crippen LogP) is 6.19. The highest BCUT2D eigenvalue weighted by molar-refractivity contribution is 6.16. The highest BCUT2D eigenvalue weighted by Gasteiger charge is 2.17. The Hall–Kier alpha value is -3.90. The SMILES string of the molecule is N#Cc1ccc2oc3c(-c4ccccn4)ccc(-c4ccccc4)c3c2c1. The fourth-order valence-electron chi connectivity index (χ4n) is 3.53. The van der Waals surface area contributed by atoms with Crippen LogP contribution in [0.25, 0.3) is 44.3 Å². The molecule has 5 aromatic rings. The van der Waals surface area contributed by atoms with E-state index in [0.717, 1.165) is 44.3 Å². The Morgan fingerprint density at radius 1 is 0.815 bits per heavy atom. The second-order valence-electron chi connectivity index (χ2n) is 6.37. The first-order chi connectivity index (χ1) is 13.3. The Morgan fingerprint density at radius 2 is 1.63 bits per heavy atom. The Labute approximate surface area is 156 Å². The molecule has 0 saturated carbocycles. The molecule has 0 unspecified atom stereocenters. The number of fused-ring (bicyclic) bond motifs is 3. The zero-order valence-corrected chi connectivity index (χ0v) is 14.4. The van der Waals surface area contributed by atoms with Gasteiger partial charge in [-0.1, -0.05) is 42.5 Å². The molecule has 0 spiro atoms. The summed E-state index contributed by atoms with van der Waals surface area (Å²) in [6.07, 6.45) is 1.78. The van der Waals surface area contributed by atoms with Crippen molar-refractivity contribution < 1.29 is 4.42 Å². The first kappa shape index (κ1) is 15.4. The molecule has 3 aromatic carbocycles. The van der Waals surface area contributed by atoms with Gasteiger partial charge in [0.25, 0.3) is 0 Å². The van der Waals surface area contributed by atoms with E-state index in [1.807, 2.05) is 48.5 Å². The van der Waals surface area contributed by atoms with Crippen molar-refractivity contribution in [3.63, 3.8) is 0 Å². The number of hydrogen-bond acceptors (Lipinski definition) is 3. The molecule has 0 aliphatic rings. The Bertz CT molecular complexity index is 1310. The Kier molecular flexibility index (Phi) is 3.48. The molecule has 2 heterocycles. The Balaban J connectivity index is 1.93. The van der Waals surface area contributed by atoms with Crippen molar-refractivity contribution in [3.8, 4) is 28.5 Å². The van der Waals surface area contributed by atoms with Crippen LogP contribution in [0.15, 0.2) is 89.5 Å². The summed E-state index contributed by atoms with van der Waals surface area (Å²) in [7, 11) is 0. The highest BCUT2D eigenvalue weighted by atomic mass is 16.3. The molecule has 0 fully saturated rings. The van der Waals surface area contributed by atoms with Gasteiger partial charge in [0.15, 0.2) is 0 Å². The summed E-state index contributed by atoms with van der Waals surface area (Å²) < 4.78 is 6.25. The van der Waals surface area contributed by atoms with Crippen LogP contribution in [0.3, 0.4) is 0 Å². The minimum Gasteiger partial charge on any atom is -0.455 e. The number of hydrogen-bond donors (Lipinski definition) is 0. The van der Waals surface area contributed by atoms with Crippen LogP contribution in [0.4, 0.5) is 0 Å². The monoisotopic (exact) mass is 346 g/mol. The van der Waals surface area contributed by atoms with E-state index in [1.165, 1.54) is 0 Å². The molecule has 0 radical (unpaired) electrons. The summed E-state index contributed by atoms with van der Waals surface area (Å²) in [5, 5.41) is 11.3. The van der Waals surface area contributed by atoms with Gasteiger partial charge in [-0.25, -0.2) is 0 Å². The molecule has 5 rings (SSSR count). The molecule has 0 bridgehead atoms. The first-order valence-corrected chi connectivity index (χ1v) is 8.71. The summed E-state index contributed by atoms with van der Waals surface area (Å²) in [6, 6.07) is 28.0. The zero-order valence-electron chi connectivity index (χ0n) is 14.4. The lowest BCUT2D eigenvalue weighted by molar-refractivity contribution is 0.670. The van der Waals surface area contributed by atoms with Gasteiger partial charge in [-0.15, -0.1) is 0 Å². The van der Waals surface area contributed by atoms with E-state index in [1.54, 1.807) is 12.3 Å². The lowest BCUT2D eigenvalue weighted by atomic mass is 9.96. The lowest BCUT2D eigenvalue weighted by Crippen LogP contribution is -1.86. The maximum absolute atomic E-state index is 9.33. The third-order valence-corrected chi connectivity index (χ3v) is 4.77. The molecule has 0 saturated heterocycles. The third-order valence-electron chi connectivity index (χ3n) is 4.77. The number of rotatable bonds is 2. The maximum Gasteiger partial charge on any atom is 0.145 e. The van der Waals surface area contributed by atoms with Crippen molar-refractivity contribution in [2.24, 2.45) is 0 Å². The molecule has 2 aromatic heterocycles. The number of benzene rings is 3. The fourth-order valence-corrected chi connectivity index (χ4v) is 3.53. The van der Waals surface area contributed by atoms with Crippen LogP contribution >= 0.6 is 0 Å².